The number of rotatable bonds is 2. The molecule has 0 aromatic heterocycles. The summed E-state index contributed by atoms with van der Waals surface area (Å²) in [7, 11) is 0. The molecule has 1 spiro atoms. The smallest absolute Gasteiger partial charge is 0.0269 e. The maximum atomic E-state index is 2.32. The molecule has 0 aromatic rings. The van der Waals surface area contributed by atoms with Gasteiger partial charge in [0.15, 0.2) is 0 Å². The van der Waals surface area contributed by atoms with Crippen LogP contribution in [0.3, 0.4) is 0 Å². The quantitative estimate of drug-likeness (QED) is 0.549. The average Bonchev–Trinajstić information content (AvgIpc) is 1.77. The van der Waals surface area contributed by atoms with Crippen LogP contribution in [0.15, 0.2) is 0 Å². The second-order valence-corrected chi connectivity index (χ2v) is 4.24. The Bertz CT molecular complexity index is 116. The molecule has 0 saturated heterocycles. The van der Waals surface area contributed by atoms with Gasteiger partial charge >= 0.3 is 0 Å². The van der Waals surface area contributed by atoms with Gasteiger partial charge in [-0.05, 0) is 37.0 Å². The molecule has 0 aromatic carbocycles. The highest BCUT2D eigenvalue weighted by atomic mass is 14.5. The van der Waals surface area contributed by atoms with Gasteiger partial charge in [0.05, 0.1) is 0 Å². The predicted octanol–water partition coefficient (Wildman–Crippen LogP) is 3.37. The van der Waals surface area contributed by atoms with Gasteiger partial charge in [-0.1, -0.05) is 26.2 Å². The molecule has 0 heteroatoms. The third-order valence-electron chi connectivity index (χ3n) is 3.84. The normalized spacial score (nSPS) is 35.1. The van der Waals surface area contributed by atoms with E-state index in [4.69, 9.17) is 0 Å². The molecule has 0 amide bonds. The summed E-state index contributed by atoms with van der Waals surface area (Å²) < 4.78 is 0. The second-order valence-electron chi connectivity index (χ2n) is 4.24. The standard InChI is InChI=1S/C10H18/c1-2-4-9-5-8-10(9)6-3-7-10/h9H,2-8H2,1H3. The third-order valence-corrected chi connectivity index (χ3v) is 3.84. The van der Waals surface area contributed by atoms with Gasteiger partial charge in [-0.15, -0.1) is 0 Å². The van der Waals surface area contributed by atoms with Crippen LogP contribution in [0.1, 0.15) is 51.9 Å². The van der Waals surface area contributed by atoms with E-state index in [2.05, 4.69) is 6.92 Å². The van der Waals surface area contributed by atoms with Crippen molar-refractivity contribution >= 4 is 0 Å². The van der Waals surface area contributed by atoms with E-state index in [1.54, 1.807) is 25.7 Å². The van der Waals surface area contributed by atoms with Crippen molar-refractivity contribution in [1.29, 1.82) is 0 Å². The van der Waals surface area contributed by atoms with Crippen molar-refractivity contribution in [2.45, 2.75) is 51.9 Å². The van der Waals surface area contributed by atoms with Crippen LogP contribution in [0.5, 0.6) is 0 Å². The van der Waals surface area contributed by atoms with Gasteiger partial charge in [0.1, 0.15) is 0 Å². The zero-order valence-corrected chi connectivity index (χ0v) is 7.03. The summed E-state index contributed by atoms with van der Waals surface area (Å²) in [5.41, 5.74) is 0.913. The molecule has 2 fully saturated rings. The first-order valence-electron chi connectivity index (χ1n) is 4.87. The largest absolute Gasteiger partial charge is 0.0654 e. The van der Waals surface area contributed by atoms with Crippen LogP contribution in [0.2, 0.25) is 0 Å². The predicted molar refractivity (Wildman–Crippen MR) is 43.9 cm³/mol. The van der Waals surface area contributed by atoms with Crippen molar-refractivity contribution in [3.8, 4) is 0 Å². The summed E-state index contributed by atoms with van der Waals surface area (Å²) in [6.45, 7) is 2.32. The molecule has 0 nitrogen and oxygen atoms in total. The van der Waals surface area contributed by atoms with E-state index in [1.165, 1.54) is 19.3 Å². The van der Waals surface area contributed by atoms with Gasteiger partial charge in [0, 0.05) is 0 Å². The van der Waals surface area contributed by atoms with E-state index in [0.29, 0.717) is 0 Å². The van der Waals surface area contributed by atoms with Gasteiger partial charge in [-0.3, -0.25) is 0 Å². The molecule has 0 N–H and O–H groups in total. The molecule has 1 unspecified atom stereocenters. The molecular formula is C10H18. The van der Waals surface area contributed by atoms with Crippen LogP contribution < -0.4 is 0 Å². The van der Waals surface area contributed by atoms with Crippen LogP contribution in [0, 0.1) is 11.3 Å². The van der Waals surface area contributed by atoms with Crippen LogP contribution in [0.25, 0.3) is 0 Å². The van der Waals surface area contributed by atoms with Crippen LogP contribution in [-0.2, 0) is 0 Å². The fraction of sp³-hybridized carbons (Fsp3) is 1.00. The fourth-order valence-electron chi connectivity index (χ4n) is 2.84. The molecule has 0 radical (unpaired) electrons. The second kappa shape index (κ2) is 2.25. The van der Waals surface area contributed by atoms with Crippen LogP contribution in [0.4, 0.5) is 0 Å². The Labute approximate surface area is 64.0 Å². The van der Waals surface area contributed by atoms with Gasteiger partial charge in [0.25, 0.3) is 0 Å². The zero-order chi connectivity index (χ0) is 7.03. The van der Waals surface area contributed by atoms with E-state index in [0.717, 1.165) is 11.3 Å². The van der Waals surface area contributed by atoms with Crippen molar-refractivity contribution in [2.24, 2.45) is 11.3 Å². The first-order valence-corrected chi connectivity index (χ1v) is 4.87. The Morgan fingerprint density at radius 3 is 2.40 bits per heavy atom. The van der Waals surface area contributed by atoms with Crippen molar-refractivity contribution in [3.05, 3.63) is 0 Å². The topological polar surface area (TPSA) is 0 Å². The Balaban J connectivity index is 1.87. The highest BCUT2D eigenvalue weighted by Crippen LogP contribution is 2.61. The highest BCUT2D eigenvalue weighted by Gasteiger charge is 2.49. The minimum Gasteiger partial charge on any atom is -0.0654 e. The molecule has 0 heterocycles. The maximum absolute atomic E-state index is 2.32. The molecule has 2 aliphatic rings. The Kier molecular flexibility index (Phi) is 1.51. The molecule has 1 atom stereocenters. The van der Waals surface area contributed by atoms with Crippen LogP contribution >= 0.6 is 0 Å². The maximum Gasteiger partial charge on any atom is -0.0269 e. The molecule has 10 heavy (non-hydrogen) atoms. The lowest BCUT2D eigenvalue weighted by atomic mass is 9.49. The summed E-state index contributed by atoms with van der Waals surface area (Å²) in [5, 5.41) is 0. The zero-order valence-electron chi connectivity index (χ0n) is 7.03. The lowest BCUT2D eigenvalue weighted by Gasteiger charge is -2.56. The Morgan fingerprint density at radius 2 is 2.10 bits per heavy atom. The Morgan fingerprint density at radius 1 is 1.30 bits per heavy atom. The van der Waals surface area contributed by atoms with Crippen LogP contribution in [-0.4, -0.2) is 0 Å². The average molecular weight is 138 g/mol. The molecule has 0 bridgehead atoms. The highest BCUT2D eigenvalue weighted by molar-refractivity contribution is 5.00. The SMILES string of the molecule is CCCC1CCC12CCC2. The fourth-order valence-corrected chi connectivity index (χ4v) is 2.84. The summed E-state index contributed by atoms with van der Waals surface area (Å²) in [6.07, 6.45) is 10.7. The van der Waals surface area contributed by atoms with E-state index in [9.17, 15) is 0 Å². The van der Waals surface area contributed by atoms with E-state index in [-0.39, 0.29) is 0 Å². The lowest BCUT2D eigenvalue weighted by molar-refractivity contribution is -0.0530. The minimum absolute atomic E-state index is 0.913. The molecular weight excluding hydrogens is 120 g/mol. The number of hydrogen-bond donors (Lipinski definition) is 0. The minimum atomic E-state index is 0.913. The lowest BCUT2D eigenvalue weighted by Crippen LogP contribution is -2.45. The van der Waals surface area contributed by atoms with E-state index >= 15 is 0 Å². The first-order chi connectivity index (χ1) is 4.87. The summed E-state index contributed by atoms with van der Waals surface area (Å²) in [6, 6.07) is 0. The monoisotopic (exact) mass is 138 g/mol. The molecule has 2 saturated carbocycles. The van der Waals surface area contributed by atoms with Crippen molar-refractivity contribution < 1.29 is 0 Å². The third kappa shape index (κ3) is 0.741. The molecule has 2 rings (SSSR count). The van der Waals surface area contributed by atoms with Crippen molar-refractivity contribution in [1.82, 2.24) is 0 Å². The van der Waals surface area contributed by atoms with Gasteiger partial charge in [-0.25, -0.2) is 0 Å². The van der Waals surface area contributed by atoms with Gasteiger partial charge < -0.3 is 0 Å². The summed E-state index contributed by atoms with van der Waals surface area (Å²) in [4.78, 5) is 0. The Hall–Kier alpha value is 0. The molecule has 0 aliphatic heterocycles. The van der Waals surface area contributed by atoms with E-state index in [1.807, 2.05) is 0 Å². The van der Waals surface area contributed by atoms with Crippen molar-refractivity contribution in [2.75, 3.05) is 0 Å². The van der Waals surface area contributed by atoms with Crippen molar-refractivity contribution in [3.63, 3.8) is 0 Å². The molecule has 2 aliphatic carbocycles. The van der Waals surface area contributed by atoms with Gasteiger partial charge in [0.2, 0.25) is 0 Å². The van der Waals surface area contributed by atoms with Gasteiger partial charge in [-0.2, -0.15) is 0 Å². The summed E-state index contributed by atoms with van der Waals surface area (Å²) >= 11 is 0. The molecule has 58 valence electrons. The van der Waals surface area contributed by atoms with E-state index < -0.39 is 0 Å². The summed E-state index contributed by atoms with van der Waals surface area (Å²) in [5.74, 6) is 1.14. The number of hydrogen-bond acceptors (Lipinski definition) is 0. The first kappa shape index (κ1) is 6.69.